The van der Waals surface area contributed by atoms with E-state index in [2.05, 4.69) is 0 Å². The van der Waals surface area contributed by atoms with Gasteiger partial charge in [-0.25, -0.2) is 0 Å². The third kappa shape index (κ3) is 11.7. The lowest BCUT2D eigenvalue weighted by molar-refractivity contribution is -0.138. The van der Waals surface area contributed by atoms with Crippen LogP contribution in [-0.2, 0) is 11.2 Å². The minimum Gasteiger partial charge on any atom is -0.508 e. The molecule has 0 bridgehead atoms. The van der Waals surface area contributed by atoms with Crippen molar-refractivity contribution in [3.63, 3.8) is 0 Å². The second kappa shape index (κ2) is 14.0. The molecule has 1 unspecified atom stereocenters. The molecular formula is C19H27NO10. The van der Waals surface area contributed by atoms with E-state index in [9.17, 15) is 4.79 Å². The lowest BCUT2D eigenvalue weighted by Crippen LogP contribution is -2.32. The molecule has 2 aromatic carbocycles. The van der Waals surface area contributed by atoms with Crippen molar-refractivity contribution in [2.75, 3.05) is 13.2 Å². The Hall–Kier alpha value is -3.09. The molecule has 0 aliphatic rings. The van der Waals surface area contributed by atoms with Crippen LogP contribution in [0.15, 0.2) is 42.5 Å². The molecule has 11 heteroatoms. The molecule has 0 aromatic heterocycles. The molecule has 0 fully saturated rings. The average molecular weight is 429 g/mol. The number of rotatable bonds is 6. The molecule has 0 radical (unpaired) electrons. The van der Waals surface area contributed by atoms with E-state index in [1.165, 1.54) is 12.1 Å². The van der Waals surface area contributed by atoms with Crippen molar-refractivity contribution in [2.24, 2.45) is 5.73 Å². The lowest BCUT2D eigenvalue weighted by Gasteiger charge is -2.10. The number of hydrogen-bond donors (Lipinski definition) is 10. The van der Waals surface area contributed by atoms with Crippen LogP contribution >= 0.6 is 0 Å². The summed E-state index contributed by atoms with van der Waals surface area (Å²) in [4.78, 5) is 10.4. The normalized spacial score (nSPS) is 13.0. The van der Waals surface area contributed by atoms with Crippen LogP contribution in [0.2, 0.25) is 0 Å². The van der Waals surface area contributed by atoms with Crippen LogP contribution in [0.1, 0.15) is 5.56 Å². The van der Waals surface area contributed by atoms with Gasteiger partial charge in [0.25, 0.3) is 0 Å². The fraction of sp³-hybridized carbons (Fsp3) is 0.316. The van der Waals surface area contributed by atoms with Gasteiger partial charge >= 0.3 is 5.97 Å². The van der Waals surface area contributed by atoms with E-state index in [0.29, 0.717) is 0 Å². The molecule has 2 rings (SSSR count). The fourth-order valence-corrected chi connectivity index (χ4v) is 1.80. The van der Waals surface area contributed by atoms with Crippen LogP contribution in [0, 0.1) is 0 Å². The highest BCUT2D eigenvalue weighted by Gasteiger charge is 2.12. The second-order valence-electron chi connectivity index (χ2n) is 6.02. The number of aliphatic hydroxyl groups is 4. The predicted molar refractivity (Wildman–Crippen MR) is 105 cm³/mol. The fourth-order valence-electron chi connectivity index (χ4n) is 1.80. The number of aliphatic carboxylic acids is 1. The van der Waals surface area contributed by atoms with Crippen LogP contribution < -0.4 is 5.73 Å². The van der Waals surface area contributed by atoms with E-state index in [1.807, 2.05) is 0 Å². The predicted octanol–water partition coefficient (Wildman–Crippen LogP) is -1.16. The third-order valence-corrected chi connectivity index (χ3v) is 3.41. The van der Waals surface area contributed by atoms with Crippen LogP contribution in [0.25, 0.3) is 0 Å². The van der Waals surface area contributed by atoms with Crippen LogP contribution in [0.5, 0.6) is 23.0 Å². The van der Waals surface area contributed by atoms with Crippen molar-refractivity contribution in [3.05, 3.63) is 48.0 Å². The topological polar surface area (TPSA) is 225 Å². The van der Waals surface area contributed by atoms with Gasteiger partial charge in [0.1, 0.15) is 41.2 Å². The van der Waals surface area contributed by atoms with Gasteiger partial charge in [0, 0.05) is 18.2 Å². The molecule has 11 nitrogen and oxygen atoms in total. The summed E-state index contributed by atoms with van der Waals surface area (Å²) in [5, 5.41) is 76.7. The smallest absolute Gasteiger partial charge is 0.320 e. The van der Waals surface area contributed by atoms with E-state index in [-0.39, 0.29) is 29.4 Å². The molecule has 0 saturated carbocycles. The van der Waals surface area contributed by atoms with Crippen molar-refractivity contribution in [2.45, 2.75) is 24.7 Å². The molecule has 2 aromatic rings. The number of hydrogen-bond acceptors (Lipinski definition) is 10. The van der Waals surface area contributed by atoms with Crippen molar-refractivity contribution < 1.29 is 50.8 Å². The summed E-state index contributed by atoms with van der Waals surface area (Å²) < 4.78 is 0. The first-order chi connectivity index (χ1) is 14.0. The molecule has 0 aliphatic carbocycles. The Bertz CT molecular complexity index is 695. The molecule has 0 heterocycles. The Morgan fingerprint density at radius 2 is 1.13 bits per heavy atom. The SMILES string of the molecule is NC(Cc1ccc(O)cc1)C(=O)O.OC[C@@H](O)[C@@H](O)CO.Oc1cc(O)cc(O)c1. The number of aliphatic hydroxyl groups excluding tert-OH is 4. The minimum absolute atomic E-state index is 0.146. The van der Waals surface area contributed by atoms with Crippen molar-refractivity contribution >= 4 is 5.97 Å². The highest BCUT2D eigenvalue weighted by atomic mass is 16.4. The largest absolute Gasteiger partial charge is 0.508 e. The van der Waals surface area contributed by atoms with Crippen LogP contribution in [0.3, 0.4) is 0 Å². The number of nitrogens with two attached hydrogens (primary N) is 1. The first-order valence-electron chi connectivity index (χ1n) is 8.56. The Morgan fingerprint density at radius 3 is 1.43 bits per heavy atom. The van der Waals surface area contributed by atoms with Gasteiger partial charge in [0.05, 0.1) is 13.2 Å². The molecule has 0 spiro atoms. The average Bonchev–Trinajstić information content (AvgIpc) is 2.68. The first-order valence-corrected chi connectivity index (χ1v) is 8.56. The number of carbonyl (C=O) groups is 1. The van der Waals surface area contributed by atoms with Crippen molar-refractivity contribution in [3.8, 4) is 23.0 Å². The Kier molecular flexibility index (Phi) is 12.5. The van der Waals surface area contributed by atoms with Gasteiger partial charge in [-0.3, -0.25) is 4.79 Å². The molecule has 11 N–H and O–H groups in total. The number of phenolic OH excluding ortho intramolecular Hbond substituents is 4. The van der Waals surface area contributed by atoms with E-state index in [4.69, 9.17) is 51.7 Å². The zero-order valence-corrected chi connectivity index (χ0v) is 15.9. The number of carboxylic acids is 1. The van der Waals surface area contributed by atoms with Gasteiger partial charge in [0.15, 0.2) is 0 Å². The molecule has 3 atom stereocenters. The summed E-state index contributed by atoms with van der Waals surface area (Å²) in [5.74, 6) is -1.30. The van der Waals surface area contributed by atoms with Crippen molar-refractivity contribution in [1.29, 1.82) is 0 Å². The first kappa shape index (κ1) is 26.9. The summed E-state index contributed by atoms with van der Waals surface area (Å²) in [6.07, 6.45) is -2.17. The van der Waals surface area contributed by atoms with Crippen molar-refractivity contribution in [1.82, 2.24) is 0 Å². The monoisotopic (exact) mass is 429 g/mol. The molecule has 0 amide bonds. The van der Waals surface area contributed by atoms with Gasteiger partial charge in [-0.1, -0.05) is 12.1 Å². The minimum atomic E-state index is -1.22. The zero-order valence-electron chi connectivity index (χ0n) is 15.9. The van der Waals surface area contributed by atoms with E-state index >= 15 is 0 Å². The lowest BCUT2D eigenvalue weighted by atomic mass is 10.1. The third-order valence-electron chi connectivity index (χ3n) is 3.41. The summed E-state index contributed by atoms with van der Waals surface area (Å²) in [5.41, 5.74) is 6.12. The maximum absolute atomic E-state index is 10.4. The number of aromatic hydroxyl groups is 4. The standard InChI is InChI=1S/C9H11NO3.C6H6O3.C4H10O4/c10-8(9(12)13)5-6-1-3-7(11)4-2-6;7-4-1-5(8)3-6(9)2-4;5-1-3(7)4(8)2-6/h1-4,8,11H,5,10H2,(H,12,13);1-3,7-9H;3-8H,1-2H2/t;;3-,4+. The van der Waals surface area contributed by atoms with Gasteiger partial charge in [-0.2, -0.15) is 0 Å². The molecule has 0 aliphatic heterocycles. The molecule has 168 valence electrons. The van der Waals surface area contributed by atoms with E-state index < -0.39 is 37.4 Å². The second-order valence-corrected chi connectivity index (χ2v) is 6.02. The Morgan fingerprint density at radius 1 is 0.767 bits per heavy atom. The Labute approximate surface area is 172 Å². The summed E-state index contributed by atoms with van der Waals surface area (Å²) >= 11 is 0. The molecule has 30 heavy (non-hydrogen) atoms. The maximum Gasteiger partial charge on any atom is 0.320 e. The maximum atomic E-state index is 10.4. The Balaban J connectivity index is 0.000000438. The van der Waals surface area contributed by atoms with E-state index in [0.717, 1.165) is 23.8 Å². The van der Waals surface area contributed by atoms with Gasteiger partial charge in [-0.05, 0) is 24.1 Å². The van der Waals surface area contributed by atoms with E-state index in [1.54, 1.807) is 12.1 Å². The number of phenols is 4. The molecular weight excluding hydrogens is 402 g/mol. The summed E-state index contributed by atoms with van der Waals surface area (Å²) in [6.45, 7) is -1.05. The van der Waals surface area contributed by atoms with Gasteiger partial charge in [0.2, 0.25) is 0 Å². The highest BCUT2D eigenvalue weighted by Crippen LogP contribution is 2.23. The number of carboxylic acid groups (broad SMARTS) is 1. The number of benzene rings is 2. The van der Waals surface area contributed by atoms with Gasteiger partial charge < -0.3 is 51.7 Å². The zero-order chi connectivity index (χ0) is 23.3. The summed E-state index contributed by atoms with van der Waals surface area (Å²) in [6, 6.07) is 8.84. The van der Waals surface area contributed by atoms with Crippen LogP contribution in [0.4, 0.5) is 0 Å². The summed E-state index contributed by atoms with van der Waals surface area (Å²) in [7, 11) is 0. The van der Waals surface area contributed by atoms with Crippen LogP contribution in [-0.4, -0.2) is 83.4 Å². The molecule has 0 saturated heterocycles. The quantitative estimate of drug-likeness (QED) is 0.263. The highest BCUT2D eigenvalue weighted by molar-refractivity contribution is 5.73. The van der Waals surface area contributed by atoms with Gasteiger partial charge in [-0.15, -0.1) is 0 Å².